The van der Waals surface area contributed by atoms with Crippen molar-refractivity contribution in [2.45, 2.75) is 26.7 Å². The number of rotatable bonds is 4. The van der Waals surface area contributed by atoms with Crippen LogP contribution in [-0.2, 0) is 11.2 Å². The van der Waals surface area contributed by atoms with Crippen molar-refractivity contribution >= 4 is 17.6 Å². The average molecular weight is 339 g/mol. The van der Waals surface area contributed by atoms with Crippen molar-refractivity contribution in [1.82, 2.24) is 4.98 Å². The third-order valence-corrected chi connectivity index (χ3v) is 4.15. The molecule has 2 aromatic rings. The summed E-state index contributed by atoms with van der Waals surface area (Å²) >= 11 is 0. The summed E-state index contributed by atoms with van der Waals surface area (Å²) in [5.74, 6) is 0.389. The summed E-state index contributed by atoms with van der Waals surface area (Å²) < 4.78 is 5.66. The number of nitrogens with two attached hydrogens (primary N) is 1. The highest BCUT2D eigenvalue weighted by Crippen LogP contribution is 2.25. The van der Waals surface area contributed by atoms with E-state index in [1.165, 1.54) is 0 Å². The molecule has 6 heteroatoms. The molecule has 0 bridgehead atoms. The zero-order valence-electron chi connectivity index (χ0n) is 14.4. The third kappa shape index (κ3) is 3.79. The summed E-state index contributed by atoms with van der Waals surface area (Å²) in [6.07, 6.45) is 1.67. The van der Waals surface area contributed by atoms with E-state index in [1.807, 2.05) is 38.1 Å². The number of benzene rings is 1. The lowest BCUT2D eigenvalue weighted by Gasteiger charge is -2.28. The first-order chi connectivity index (χ1) is 11.9. The summed E-state index contributed by atoms with van der Waals surface area (Å²) in [5, 5.41) is 0. The zero-order chi connectivity index (χ0) is 18.0. The van der Waals surface area contributed by atoms with E-state index < -0.39 is 5.91 Å². The van der Waals surface area contributed by atoms with Crippen LogP contribution >= 0.6 is 0 Å². The van der Waals surface area contributed by atoms with Crippen LogP contribution in [0.25, 0.3) is 0 Å². The Morgan fingerprint density at radius 1 is 1.20 bits per heavy atom. The van der Waals surface area contributed by atoms with Crippen LogP contribution in [0.5, 0.6) is 5.75 Å². The fourth-order valence-electron chi connectivity index (χ4n) is 3.06. The Kier molecular flexibility index (Phi) is 4.70. The SMILES string of the molecule is Cc1cc(C)cc(OCC(=O)N2CCCc3ccc(C(N)=O)nc32)c1. The van der Waals surface area contributed by atoms with Gasteiger partial charge >= 0.3 is 0 Å². The number of nitrogens with zero attached hydrogens (tertiary/aromatic N) is 2. The van der Waals surface area contributed by atoms with Crippen molar-refractivity contribution in [2.24, 2.45) is 5.73 Å². The molecule has 2 heterocycles. The van der Waals surface area contributed by atoms with E-state index in [4.69, 9.17) is 10.5 Å². The fraction of sp³-hybridized carbons (Fsp3) is 0.316. The van der Waals surface area contributed by atoms with Gasteiger partial charge in [-0.15, -0.1) is 0 Å². The number of ether oxygens (including phenoxy) is 1. The Hall–Kier alpha value is -2.89. The summed E-state index contributed by atoms with van der Waals surface area (Å²) in [5.41, 5.74) is 8.57. The van der Waals surface area contributed by atoms with Crippen molar-refractivity contribution in [3.63, 3.8) is 0 Å². The number of pyridine rings is 1. The van der Waals surface area contributed by atoms with Gasteiger partial charge in [0.1, 0.15) is 17.3 Å². The van der Waals surface area contributed by atoms with Gasteiger partial charge in [-0.25, -0.2) is 4.98 Å². The van der Waals surface area contributed by atoms with Crippen molar-refractivity contribution in [3.8, 4) is 5.75 Å². The second kappa shape index (κ2) is 6.93. The molecule has 1 aromatic heterocycles. The molecule has 25 heavy (non-hydrogen) atoms. The van der Waals surface area contributed by atoms with E-state index in [9.17, 15) is 9.59 Å². The molecule has 0 atom stereocenters. The maximum atomic E-state index is 12.6. The number of fused-ring (bicyclic) bond motifs is 1. The summed E-state index contributed by atoms with van der Waals surface area (Å²) in [6, 6.07) is 9.25. The number of anilines is 1. The lowest BCUT2D eigenvalue weighted by molar-refractivity contribution is -0.120. The Bertz CT molecular complexity index is 812. The first-order valence-electron chi connectivity index (χ1n) is 8.25. The van der Waals surface area contributed by atoms with Gasteiger partial charge < -0.3 is 10.5 Å². The minimum Gasteiger partial charge on any atom is -0.484 e. The average Bonchev–Trinajstić information content (AvgIpc) is 2.57. The van der Waals surface area contributed by atoms with Crippen molar-refractivity contribution in [3.05, 3.63) is 52.7 Å². The van der Waals surface area contributed by atoms with Crippen LogP contribution < -0.4 is 15.4 Å². The highest BCUT2D eigenvalue weighted by molar-refractivity contribution is 5.96. The lowest BCUT2D eigenvalue weighted by Crippen LogP contribution is -2.39. The first kappa shape index (κ1) is 17.0. The minimum absolute atomic E-state index is 0.0786. The second-order valence-electron chi connectivity index (χ2n) is 6.30. The van der Waals surface area contributed by atoms with E-state index in [0.717, 1.165) is 29.5 Å². The van der Waals surface area contributed by atoms with Gasteiger partial charge in [-0.05, 0) is 61.6 Å². The van der Waals surface area contributed by atoms with Crippen LogP contribution in [-0.4, -0.2) is 29.9 Å². The van der Waals surface area contributed by atoms with Gasteiger partial charge in [0.2, 0.25) is 0 Å². The lowest BCUT2D eigenvalue weighted by atomic mass is 10.0. The maximum Gasteiger partial charge on any atom is 0.267 e. The van der Waals surface area contributed by atoms with Gasteiger partial charge in [-0.1, -0.05) is 12.1 Å². The molecule has 0 saturated heterocycles. The number of primary amides is 1. The number of aryl methyl sites for hydroxylation is 3. The van der Waals surface area contributed by atoms with Gasteiger partial charge in [0, 0.05) is 6.54 Å². The van der Waals surface area contributed by atoms with E-state index in [1.54, 1.807) is 11.0 Å². The highest BCUT2D eigenvalue weighted by Gasteiger charge is 2.25. The predicted octanol–water partition coefficient (Wildman–Crippen LogP) is 2.16. The molecule has 0 radical (unpaired) electrons. The third-order valence-electron chi connectivity index (χ3n) is 4.15. The van der Waals surface area contributed by atoms with Crippen LogP contribution in [0, 0.1) is 13.8 Å². The van der Waals surface area contributed by atoms with Gasteiger partial charge in [0.25, 0.3) is 11.8 Å². The largest absolute Gasteiger partial charge is 0.484 e. The highest BCUT2D eigenvalue weighted by atomic mass is 16.5. The molecular weight excluding hydrogens is 318 g/mol. The number of hydrogen-bond acceptors (Lipinski definition) is 4. The number of carbonyl (C=O) groups excluding carboxylic acids is 2. The van der Waals surface area contributed by atoms with Gasteiger partial charge in [0.05, 0.1) is 0 Å². The van der Waals surface area contributed by atoms with Crippen LogP contribution in [0.3, 0.4) is 0 Å². The Balaban J connectivity index is 1.77. The molecule has 6 nitrogen and oxygen atoms in total. The molecule has 2 amide bonds. The number of hydrogen-bond donors (Lipinski definition) is 1. The van der Waals surface area contributed by atoms with Crippen molar-refractivity contribution in [2.75, 3.05) is 18.1 Å². The molecule has 0 fully saturated rings. The molecule has 0 aliphatic carbocycles. The first-order valence-corrected chi connectivity index (χ1v) is 8.25. The van der Waals surface area contributed by atoms with E-state index in [-0.39, 0.29) is 18.2 Å². The quantitative estimate of drug-likeness (QED) is 0.925. The summed E-state index contributed by atoms with van der Waals surface area (Å²) in [6.45, 7) is 4.44. The van der Waals surface area contributed by atoms with Gasteiger partial charge in [-0.2, -0.15) is 0 Å². The molecule has 0 unspecified atom stereocenters. The zero-order valence-corrected chi connectivity index (χ0v) is 14.4. The van der Waals surface area contributed by atoms with Crippen molar-refractivity contribution < 1.29 is 14.3 Å². The van der Waals surface area contributed by atoms with Crippen molar-refractivity contribution in [1.29, 1.82) is 0 Å². The van der Waals surface area contributed by atoms with Crippen LogP contribution in [0.1, 0.15) is 33.6 Å². The molecule has 3 rings (SSSR count). The smallest absolute Gasteiger partial charge is 0.267 e. The van der Waals surface area contributed by atoms with Gasteiger partial charge in [-0.3, -0.25) is 14.5 Å². The summed E-state index contributed by atoms with van der Waals surface area (Å²) in [4.78, 5) is 29.9. The van der Waals surface area contributed by atoms with Crippen LogP contribution in [0.4, 0.5) is 5.82 Å². The van der Waals surface area contributed by atoms with Crippen LogP contribution in [0.15, 0.2) is 30.3 Å². The topological polar surface area (TPSA) is 85.5 Å². The predicted molar refractivity (Wildman–Crippen MR) is 94.8 cm³/mol. The molecule has 0 spiro atoms. The monoisotopic (exact) mass is 339 g/mol. The maximum absolute atomic E-state index is 12.6. The number of amides is 2. The molecule has 1 aliphatic rings. The number of aromatic nitrogens is 1. The summed E-state index contributed by atoms with van der Waals surface area (Å²) in [7, 11) is 0. The fourth-order valence-corrected chi connectivity index (χ4v) is 3.06. The minimum atomic E-state index is -0.604. The standard InChI is InChI=1S/C19H21N3O3/c1-12-8-13(2)10-15(9-12)25-11-17(23)22-7-3-4-14-5-6-16(18(20)24)21-19(14)22/h5-6,8-10H,3-4,7,11H2,1-2H3,(H2,20,24). The van der Waals surface area contributed by atoms with E-state index in [0.29, 0.717) is 18.1 Å². The normalized spacial score (nSPS) is 13.3. The molecule has 1 aliphatic heterocycles. The Morgan fingerprint density at radius 3 is 2.60 bits per heavy atom. The molecule has 130 valence electrons. The van der Waals surface area contributed by atoms with Gasteiger partial charge in [0.15, 0.2) is 6.61 Å². The molecular formula is C19H21N3O3. The Morgan fingerprint density at radius 2 is 1.92 bits per heavy atom. The Labute approximate surface area is 146 Å². The second-order valence-corrected chi connectivity index (χ2v) is 6.30. The molecule has 2 N–H and O–H groups in total. The molecule has 1 aromatic carbocycles. The molecule has 0 saturated carbocycles. The van der Waals surface area contributed by atoms with E-state index in [2.05, 4.69) is 4.98 Å². The van der Waals surface area contributed by atoms with E-state index >= 15 is 0 Å². The van der Waals surface area contributed by atoms with Crippen LogP contribution in [0.2, 0.25) is 0 Å². The number of carbonyl (C=O) groups is 2.